The zero-order chi connectivity index (χ0) is 22.0. The lowest BCUT2D eigenvalue weighted by Gasteiger charge is -2.14. The number of alkyl halides is 1. The molecule has 0 radical (unpaired) electrons. The zero-order valence-electron chi connectivity index (χ0n) is 17.7. The number of anilines is 2. The minimum Gasteiger partial charge on any atom is -0.454 e. The van der Waals surface area contributed by atoms with E-state index >= 15 is 0 Å². The van der Waals surface area contributed by atoms with Gasteiger partial charge in [-0.25, -0.2) is 9.48 Å². The molecule has 1 aliphatic rings. The maximum absolute atomic E-state index is 12.7. The van der Waals surface area contributed by atoms with Crippen molar-refractivity contribution in [2.75, 3.05) is 23.3 Å². The number of halogens is 1. The number of urea groups is 1. The van der Waals surface area contributed by atoms with Crippen LogP contribution in [0, 0.1) is 0 Å². The molecular formula is C23H25ClN4O3. The van der Waals surface area contributed by atoms with Crippen LogP contribution in [0.4, 0.5) is 16.3 Å². The van der Waals surface area contributed by atoms with Crippen LogP contribution in [-0.2, 0) is 11.8 Å². The van der Waals surface area contributed by atoms with Crippen molar-refractivity contribution in [1.82, 2.24) is 9.78 Å². The average Bonchev–Trinajstić information content (AvgIpc) is 3.35. The molecule has 0 fully saturated rings. The summed E-state index contributed by atoms with van der Waals surface area (Å²) in [5.41, 5.74) is 3.26. The first kappa shape index (κ1) is 21.1. The molecule has 7 nitrogen and oxygen atoms in total. The topological polar surface area (TPSA) is 77.4 Å². The molecule has 2 heterocycles. The fourth-order valence-electron chi connectivity index (χ4n) is 3.24. The van der Waals surface area contributed by atoms with Crippen molar-refractivity contribution in [3.63, 3.8) is 0 Å². The molecule has 31 heavy (non-hydrogen) atoms. The van der Waals surface area contributed by atoms with Gasteiger partial charge in [0.2, 0.25) is 6.79 Å². The fourth-order valence-corrected chi connectivity index (χ4v) is 3.46. The molecule has 0 saturated carbocycles. The van der Waals surface area contributed by atoms with Gasteiger partial charge in [0.1, 0.15) is 5.82 Å². The van der Waals surface area contributed by atoms with Crippen LogP contribution in [0.15, 0.2) is 48.5 Å². The lowest BCUT2D eigenvalue weighted by molar-refractivity contribution is 0.174. The highest BCUT2D eigenvalue weighted by atomic mass is 35.5. The summed E-state index contributed by atoms with van der Waals surface area (Å²) in [6, 6.07) is 14.8. The highest BCUT2D eigenvalue weighted by molar-refractivity contribution is 6.18. The van der Waals surface area contributed by atoms with Gasteiger partial charge in [-0.1, -0.05) is 32.9 Å². The quantitative estimate of drug-likeness (QED) is 0.526. The van der Waals surface area contributed by atoms with E-state index < -0.39 is 0 Å². The van der Waals surface area contributed by atoms with Gasteiger partial charge in [0.25, 0.3) is 0 Å². The summed E-state index contributed by atoms with van der Waals surface area (Å²) in [7, 11) is 0. The third-order valence-corrected chi connectivity index (χ3v) is 5.08. The van der Waals surface area contributed by atoms with E-state index in [2.05, 4.69) is 31.4 Å². The molecule has 0 saturated heterocycles. The Bertz CT molecular complexity index is 1100. The summed E-state index contributed by atoms with van der Waals surface area (Å²) in [6.45, 7) is 6.43. The molecule has 0 bridgehead atoms. The number of ether oxygens (including phenoxy) is 2. The largest absolute Gasteiger partial charge is 0.454 e. The Morgan fingerprint density at radius 3 is 2.68 bits per heavy atom. The smallest absolute Gasteiger partial charge is 0.324 e. The van der Waals surface area contributed by atoms with Crippen molar-refractivity contribution in [2.24, 2.45) is 0 Å². The van der Waals surface area contributed by atoms with Crippen LogP contribution in [0.25, 0.3) is 5.69 Å². The monoisotopic (exact) mass is 440 g/mol. The number of aromatic nitrogens is 2. The third-order valence-electron chi connectivity index (χ3n) is 4.89. The number of nitrogens with zero attached hydrogens (tertiary/aromatic N) is 2. The maximum Gasteiger partial charge on any atom is 0.324 e. The fraction of sp³-hybridized carbons (Fsp3) is 0.304. The van der Waals surface area contributed by atoms with E-state index in [1.807, 2.05) is 30.3 Å². The minimum absolute atomic E-state index is 0.177. The normalized spacial score (nSPS) is 12.6. The Hall–Kier alpha value is -3.19. The number of hydrogen-bond acceptors (Lipinski definition) is 4. The number of hydrogen-bond donors (Lipinski definition) is 2. The average molecular weight is 441 g/mol. The summed E-state index contributed by atoms with van der Waals surface area (Å²) >= 11 is 5.91. The highest BCUT2D eigenvalue weighted by Crippen LogP contribution is 2.34. The molecule has 2 amide bonds. The SMILES string of the molecule is CC(C)(C)c1cc(NC(=O)Nc2ccc3c(c2)OCO3)n(-c2cccc(CCCl)c2)n1. The van der Waals surface area contributed by atoms with Crippen molar-refractivity contribution in [1.29, 1.82) is 0 Å². The van der Waals surface area contributed by atoms with Crippen molar-refractivity contribution < 1.29 is 14.3 Å². The number of nitrogens with one attached hydrogen (secondary N) is 2. The Morgan fingerprint density at radius 2 is 1.90 bits per heavy atom. The molecular weight excluding hydrogens is 416 g/mol. The van der Waals surface area contributed by atoms with E-state index in [1.165, 1.54) is 0 Å². The summed E-state index contributed by atoms with van der Waals surface area (Å²) in [6.07, 6.45) is 0.760. The van der Waals surface area contributed by atoms with Gasteiger partial charge in [-0.2, -0.15) is 5.10 Å². The first-order chi connectivity index (χ1) is 14.8. The van der Waals surface area contributed by atoms with Gasteiger partial charge >= 0.3 is 6.03 Å². The molecule has 2 aromatic carbocycles. The molecule has 0 aliphatic carbocycles. The number of carbonyl (C=O) groups is 1. The van der Waals surface area contributed by atoms with Gasteiger partial charge < -0.3 is 14.8 Å². The molecule has 2 N–H and O–H groups in total. The minimum atomic E-state index is -0.377. The number of rotatable bonds is 5. The Balaban J connectivity index is 1.60. The molecule has 0 atom stereocenters. The number of amides is 2. The van der Waals surface area contributed by atoms with Gasteiger partial charge in [0, 0.05) is 29.1 Å². The van der Waals surface area contributed by atoms with Gasteiger partial charge in [-0.05, 0) is 36.2 Å². The predicted molar refractivity (Wildman–Crippen MR) is 122 cm³/mol. The van der Waals surface area contributed by atoms with E-state index in [1.54, 1.807) is 22.9 Å². The molecule has 1 aromatic heterocycles. The predicted octanol–water partition coefficient (Wildman–Crippen LogP) is 5.32. The number of fused-ring (bicyclic) bond motifs is 1. The van der Waals surface area contributed by atoms with E-state index in [9.17, 15) is 4.79 Å². The standard InChI is InChI=1S/C23H25ClN4O3/c1-23(2,3)20-13-21(28(27-20)17-6-4-5-15(11-17)9-10-24)26-22(29)25-16-7-8-18-19(12-16)31-14-30-18/h4-8,11-13H,9-10,14H2,1-3H3,(H2,25,26,29). The maximum atomic E-state index is 12.7. The summed E-state index contributed by atoms with van der Waals surface area (Å²) in [5, 5.41) is 10.5. The summed E-state index contributed by atoms with van der Waals surface area (Å²) < 4.78 is 12.4. The summed E-state index contributed by atoms with van der Waals surface area (Å²) in [5.74, 6) is 2.38. The van der Waals surface area contributed by atoms with Gasteiger partial charge in [0.05, 0.1) is 11.4 Å². The van der Waals surface area contributed by atoms with Gasteiger partial charge in [-0.15, -0.1) is 11.6 Å². The molecule has 3 aromatic rings. The van der Waals surface area contributed by atoms with Crippen LogP contribution in [-0.4, -0.2) is 28.5 Å². The van der Waals surface area contributed by atoms with Crippen molar-refractivity contribution in [3.05, 3.63) is 59.8 Å². The van der Waals surface area contributed by atoms with Gasteiger partial charge in [-0.3, -0.25) is 5.32 Å². The van der Waals surface area contributed by atoms with Gasteiger partial charge in [0.15, 0.2) is 11.5 Å². The van der Waals surface area contributed by atoms with E-state index in [0.29, 0.717) is 28.9 Å². The van der Waals surface area contributed by atoms with Crippen LogP contribution in [0.3, 0.4) is 0 Å². The Morgan fingerprint density at radius 1 is 1.10 bits per heavy atom. The molecule has 0 spiro atoms. The molecule has 162 valence electrons. The lowest BCUT2D eigenvalue weighted by atomic mass is 9.92. The first-order valence-electron chi connectivity index (χ1n) is 10.1. The van der Waals surface area contributed by atoms with Crippen LogP contribution in [0.1, 0.15) is 32.0 Å². The van der Waals surface area contributed by atoms with E-state index in [-0.39, 0.29) is 18.2 Å². The Kier molecular flexibility index (Phi) is 5.78. The van der Waals surface area contributed by atoms with Crippen LogP contribution in [0.2, 0.25) is 0 Å². The summed E-state index contributed by atoms with van der Waals surface area (Å²) in [4.78, 5) is 12.7. The van der Waals surface area contributed by atoms with Crippen LogP contribution in [0.5, 0.6) is 11.5 Å². The molecule has 0 unspecified atom stereocenters. The second-order valence-electron chi connectivity index (χ2n) is 8.33. The Labute approximate surface area is 186 Å². The van der Waals surface area contributed by atoms with Crippen molar-refractivity contribution in [3.8, 4) is 17.2 Å². The number of aryl methyl sites for hydroxylation is 1. The second kappa shape index (κ2) is 8.51. The zero-order valence-corrected chi connectivity index (χ0v) is 18.5. The van der Waals surface area contributed by atoms with Crippen LogP contribution >= 0.6 is 11.6 Å². The number of benzene rings is 2. The number of carbonyl (C=O) groups excluding carboxylic acids is 1. The van der Waals surface area contributed by atoms with Crippen molar-refractivity contribution in [2.45, 2.75) is 32.6 Å². The van der Waals surface area contributed by atoms with Crippen LogP contribution < -0.4 is 20.1 Å². The molecule has 1 aliphatic heterocycles. The highest BCUT2D eigenvalue weighted by Gasteiger charge is 2.22. The molecule has 4 rings (SSSR count). The lowest BCUT2D eigenvalue weighted by Crippen LogP contribution is -2.21. The molecule has 8 heteroatoms. The van der Waals surface area contributed by atoms with Crippen molar-refractivity contribution >= 4 is 29.1 Å². The van der Waals surface area contributed by atoms with E-state index in [4.69, 9.17) is 26.2 Å². The van der Waals surface area contributed by atoms with E-state index in [0.717, 1.165) is 23.4 Å². The second-order valence-corrected chi connectivity index (χ2v) is 8.71. The first-order valence-corrected chi connectivity index (χ1v) is 10.6. The third kappa shape index (κ3) is 4.77.